The van der Waals surface area contributed by atoms with Gasteiger partial charge in [0.25, 0.3) is 11.8 Å². The SMILES string of the molecule is CNC1CCCN(C(=O)c2ccc(Cl)cc2NC(=O)c2ccoc2C)C1.Cl. The fourth-order valence-electron chi connectivity index (χ4n) is 3.18. The van der Waals surface area contributed by atoms with Crippen LogP contribution < -0.4 is 10.6 Å². The Labute approximate surface area is 169 Å². The third-order valence-electron chi connectivity index (χ3n) is 4.68. The van der Waals surface area contributed by atoms with E-state index in [9.17, 15) is 9.59 Å². The number of nitrogens with zero attached hydrogens (tertiary/aromatic N) is 1. The van der Waals surface area contributed by atoms with Gasteiger partial charge < -0.3 is 20.0 Å². The van der Waals surface area contributed by atoms with Crippen LogP contribution in [0.1, 0.15) is 39.3 Å². The lowest BCUT2D eigenvalue weighted by atomic mass is 10.0. The minimum absolute atomic E-state index is 0. The molecule has 1 fully saturated rings. The Morgan fingerprint density at radius 3 is 2.70 bits per heavy atom. The molecule has 146 valence electrons. The molecule has 1 unspecified atom stereocenters. The van der Waals surface area contributed by atoms with Gasteiger partial charge in [-0.05, 0) is 51.1 Å². The van der Waals surface area contributed by atoms with Crippen molar-refractivity contribution in [2.24, 2.45) is 0 Å². The second-order valence-electron chi connectivity index (χ2n) is 6.41. The number of hydrogen-bond donors (Lipinski definition) is 2. The van der Waals surface area contributed by atoms with Crippen LogP contribution in [-0.2, 0) is 0 Å². The molecule has 2 N–H and O–H groups in total. The van der Waals surface area contributed by atoms with Gasteiger partial charge >= 0.3 is 0 Å². The van der Waals surface area contributed by atoms with E-state index in [2.05, 4.69) is 10.6 Å². The maximum atomic E-state index is 13.0. The van der Waals surface area contributed by atoms with E-state index in [1.807, 2.05) is 11.9 Å². The Balaban J connectivity index is 0.00000261. The number of rotatable bonds is 4. The number of piperidine rings is 1. The van der Waals surface area contributed by atoms with Crippen molar-refractivity contribution in [1.29, 1.82) is 0 Å². The van der Waals surface area contributed by atoms with Crippen LogP contribution in [-0.4, -0.2) is 42.9 Å². The smallest absolute Gasteiger partial charge is 0.259 e. The van der Waals surface area contributed by atoms with Gasteiger partial charge in [-0.2, -0.15) is 0 Å². The lowest BCUT2D eigenvalue weighted by molar-refractivity contribution is 0.0699. The van der Waals surface area contributed by atoms with Gasteiger partial charge in [0.2, 0.25) is 0 Å². The molecule has 1 atom stereocenters. The number of likely N-dealkylation sites (tertiary alicyclic amines) is 1. The summed E-state index contributed by atoms with van der Waals surface area (Å²) in [4.78, 5) is 27.3. The Morgan fingerprint density at radius 1 is 1.26 bits per heavy atom. The van der Waals surface area contributed by atoms with Crippen LogP contribution >= 0.6 is 24.0 Å². The molecular formula is C19H23Cl2N3O3. The van der Waals surface area contributed by atoms with Gasteiger partial charge in [0.05, 0.1) is 23.1 Å². The second kappa shape index (κ2) is 9.26. The zero-order valence-electron chi connectivity index (χ0n) is 15.3. The van der Waals surface area contributed by atoms with Crippen molar-refractivity contribution in [3.05, 3.63) is 52.4 Å². The predicted octanol–water partition coefficient (Wildman–Crippen LogP) is 3.74. The third-order valence-corrected chi connectivity index (χ3v) is 4.92. The van der Waals surface area contributed by atoms with E-state index >= 15 is 0 Å². The number of likely N-dealkylation sites (N-methyl/N-ethyl adjacent to an activating group) is 1. The van der Waals surface area contributed by atoms with E-state index < -0.39 is 0 Å². The van der Waals surface area contributed by atoms with Gasteiger partial charge in [0.15, 0.2) is 0 Å². The van der Waals surface area contributed by atoms with Crippen molar-refractivity contribution >= 4 is 41.5 Å². The standard InChI is InChI=1S/C19H22ClN3O3.ClH/c1-12-15(7-9-26-12)18(24)22-17-10-13(20)5-6-16(17)19(25)23-8-3-4-14(11-23)21-2;/h5-7,9-10,14,21H,3-4,8,11H2,1-2H3,(H,22,24);1H. The molecular weight excluding hydrogens is 389 g/mol. The summed E-state index contributed by atoms with van der Waals surface area (Å²) >= 11 is 6.09. The zero-order valence-corrected chi connectivity index (χ0v) is 16.8. The van der Waals surface area contributed by atoms with E-state index in [-0.39, 0.29) is 30.3 Å². The Hall–Kier alpha value is -2.02. The molecule has 1 aliphatic heterocycles. The van der Waals surface area contributed by atoms with Gasteiger partial charge in [-0.3, -0.25) is 9.59 Å². The van der Waals surface area contributed by atoms with Crippen molar-refractivity contribution in [3.8, 4) is 0 Å². The molecule has 8 heteroatoms. The van der Waals surface area contributed by atoms with Crippen molar-refractivity contribution in [3.63, 3.8) is 0 Å². The molecule has 27 heavy (non-hydrogen) atoms. The van der Waals surface area contributed by atoms with Gasteiger partial charge in [0.1, 0.15) is 5.76 Å². The van der Waals surface area contributed by atoms with Crippen LogP contribution in [0.25, 0.3) is 0 Å². The lowest BCUT2D eigenvalue weighted by Crippen LogP contribution is -2.47. The first-order valence-electron chi connectivity index (χ1n) is 8.61. The number of nitrogens with one attached hydrogen (secondary N) is 2. The number of amides is 2. The van der Waals surface area contributed by atoms with Crippen LogP contribution in [0.5, 0.6) is 0 Å². The molecule has 6 nitrogen and oxygen atoms in total. The number of furan rings is 1. The molecule has 1 aromatic heterocycles. The first-order chi connectivity index (χ1) is 12.5. The molecule has 1 aliphatic rings. The Kier molecular flexibility index (Phi) is 7.30. The first-order valence-corrected chi connectivity index (χ1v) is 8.99. The summed E-state index contributed by atoms with van der Waals surface area (Å²) in [6.07, 6.45) is 3.45. The van der Waals surface area contributed by atoms with E-state index in [0.717, 1.165) is 12.8 Å². The van der Waals surface area contributed by atoms with E-state index in [1.54, 1.807) is 31.2 Å². The van der Waals surface area contributed by atoms with E-state index in [4.69, 9.17) is 16.0 Å². The molecule has 0 aliphatic carbocycles. The largest absolute Gasteiger partial charge is 0.469 e. The van der Waals surface area contributed by atoms with Gasteiger partial charge in [-0.25, -0.2) is 0 Å². The number of carbonyl (C=O) groups excluding carboxylic acids is 2. The number of halogens is 2. The van der Waals surface area contributed by atoms with Gasteiger partial charge in [0, 0.05) is 24.2 Å². The summed E-state index contributed by atoms with van der Waals surface area (Å²) < 4.78 is 5.18. The van der Waals surface area contributed by atoms with Crippen LogP contribution in [0.4, 0.5) is 5.69 Å². The summed E-state index contributed by atoms with van der Waals surface area (Å²) in [7, 11) is 1.90. The molecule has 0 radical (unpaired) electrons. The maximum absolute atomic E-state index is 13.0. The zero-order chi connectivity index (χ0) is 18.7. The summed E-state index contributed by atoms with van der Waals surface area (Å²) in [5, 5.41) is 6.47. The highest BCUT2D eigenvalue weighted by Crippen LogP contribution is 2.25. The van der Waals surface area contributed by atoms with Crippen molar-refractivity contribution < 1.29 is 14.0 Å². The van der Waals surface area contributed by atoms with Crippen LogP contribution in [0.3, 0.4) is 0 Å². The van der Waals surface area contributed by atoms with Crippen LogP contribution in [0, 0.1) is 6.92 Å². The molecule has 1 saturated heterocycles. The average molecular weight is 412 g/mol. The number of carbonyl (C=O) groups is 2. The normalized spacial score (nSPS) is 16.6. The van der Waals surface area contributed by atoms with E-state index in [0.29, 0.717) is 40.7 Å². The lowest BCUT2D eigenvalue weighted by Gasteiger charge is -2.33. The minimum Gasteiger partial charge on any atom is -0.469 e. The quantitative estimate of drug-likeness (QED) is 0.803. The molecule has 3 rings (SSSR count). The highest BCUT2D eigenvalue weighted by atomic mass is 35.5. The average Bonchev–Trinajstić information content (AvgIpc) is 3.07. The molecule has 0 saturated carbocycles. The number of aryl methyl sites for hydroxylation is 1. The molecule has 0 spiro atoms. The Morgan fingerprint density at radius 2 is 2.04 bits per heavy atom. The van der Waals surface area contributed by atoms with Gasteiger partial charge in [-0.1, -0.05) is 11.6 Å². The minimum atomic E-state index is -0.334. The summed E-state index contributed by atoms with van der Waals surface area (Å²) in [6, 6.07) is 6.80. The summed E-state index contributed by atoms with van der Waals surface area (Å²) in [5.74, 6) is 0.0745. The topological polar surface area (TPSA) is 74.6 Å². The maximum Gasteiger partial charge on any atom is 0.259 e. The number of benzene rings is 1. The molecule has 2 heterocycles. The highest BCUT2D eigenvalue weighted by Gasteiger charge is 2.26. The third kappa shape index (κ3) is 4.83. The number of anilines is 1. The number of hydrogen-bond acceptors (Lipinski definition) is 4. The molecule has 2 aromatic rings. The summed E-state index contributed by atoms with van der Waals surface area (Å²) in [5.41, 5.74) is 1.26. The van der Waals surface area contributed by atoms with Crippen LogP contribution in [0.15, 0.2) is 34.9 Å². The van der Waals surface area contributed by atoms with Crippen molar-refractivity contribution in [2.45, 2.75) is 25.8 Å². The monoisotopic (exact) mass is 411 g/mol. The Bertz CT molecular complexity index is 822. The van der Waals surface area contributed by atoms with E-state index in [1.165, 1.54) is 6.26 Å². The molecule has 2 amide bonds. The molecule has 0 bridgehead atoms. The van der Waals surface area contributed by atoms with Gasteiger partial charge in [-0.15, -0.1) is 12.4 Å². The first kappa shape index (κ1) is 21.3. The highest BCUT2D eigenvalue weighted by molar-refractivity contribution is 6.31. The van der Waals surface area contributed by atoms with Crippen LogP contribution in [0.2, 0.25) is 5.02 Å². The fourth-order valence-corrected chi connectivity index (χ4v) is 3.36. The predicted molar refractivity (Wildman–Crippen MR) is 108 cm³/mol. The van der Waals surface area contributed by atoms with Crippen molar-refractivity contribution in [1.82, 2.24) is 10.2 Å². The second-order valence-corrected chi connectivity index (χ2v) is 6.85. The van der Waals surface area contributed by atoms with Crippen molar-refractivity contribution in [2.75, 3.05) is 25.5 Å². The fraction of sp³-hybridized carbons (Fsp3) is 0.368. The summed E-state index contributed by atoms with van der Waals surface area (Å²) in [6.45, 7) is 3.06. The molecule has 1 aromatic carbocycles.